The molecule has 130 valence electrons. The summed E-state index contributed by atoms with van der Waals surface area (Å²) < 4.78 is 27.6. The van der Waals surface area contributed by atoms with Gasteiger partial charge in [-0.05, 0) is 12.1 Å². The highest BCUT2D eigenvalue weighted by molar-refractivity contribution is 5.58. The lowest BCUT2D eigenvalue weighted by atomic mass is 10.2. The van der Waals surface area contributed by atoms with E-state index in [9.17, 15) is 0 Å². The fourth-order valence-corrected chi connectivity index (χ4v) is 2.36. The van der Waals surface area contributed by atoms with Crippen molar-refractivity contribution in [1.29, 1.82) is 0 Å². The largest absolute Gasteiger partial charge is 0.495 e. The average molecular weight is 325 g/mol. The van der Waals surface area contributed by atoms with Crippen molar-refractivity contribution in [1.82, 2.24) is 0 Å². The van der Waals surface area contributed by atoms with Gasteiger partial charge >= 0.3 is 0 Å². The molecule has 6 nitrogen and oxygen atoms in total. The number of benzene rings is 1. The van der Waals surface area contributed by atoms with Gasteiger partial charge in [0.1, 0.15) is 5.75 Å². The quantitative estimate of drug-likeness (QED) is 0.823. The van der Waals surface area contributed by atoms with E-state index in [2.05, 4.69) is 11.0 Å². The summed E-state index contributed by atoms with van der Waals surface area (Å²) in [4.78, 5) is 2.22. The first-order valence-corrected chi connectivity index (χ1v) is 8.11. The minimum atomic E-state index is 0.592. The van der Waals surface area contributed by atoms with Crippen LogP contribution in [-0.4, -0.2) is 73.1 Å². The topological polar surface area (TPSA) is 49.4 Å². The van der Waals surface area contributed by atoms with Crippen LogP contribution in [0.4, 0.5) is 5.69 Å². The Balaban J connectivity index is 1.94. The van der Waals surface area contributed by atoms with Gasteiger partial charge in [0.25, 0.3) is 0 Å². The molecule has 1 aliphatic heterocycles. The van der Waals surface area contributed by atoms with E-state index < -0.39 is 0 Å². The Labute approximate surface area is 138 Å². The number of nitrogens with zero attached hydrogens (tertiary/aromatic N) is 1. The standard InChI is InChI=1S/C17H27NO5/c1-19-17-5-3-2-4-16(17)18-6-8-20-10-12-22-14-15-23-13-11-21-9-7-18/h2-5H,6-15H2,1H3. The van der Waals surface area contributed by atoms with Crippen LogP contribution in [0.5, 0.6) is 5.75 Å². The molecule has 23 heavy (non-hydrogen) atoms. The summed E-state index contributed by atoms with van der Waals surface area (Å²) in [7, 11) is 1.69. The maximum atomic E-state index is 5.65. The molecule has 1 aromatic rings. The maximum absolute atomic E-state index is 5.65. The van der Waals surface area contributed by atoms with Crippen LogP contribution in [0.1, 0.15) is 0 Å². The Hall–Kier alpha value is -1.34. The van der Waals surface area contributed by atoms with Crippen LogP contribution in [0.25, 0.3) is 0 Å². The van der Waals surface area contributed by atoms with Crippen molar-refractivity contribution >= 4 is 5.69 Å². The Kier molecular flexibility index (Phi) is 8.80. The monoisotopic (exact) mass is 325 g/mol. The molecule has 0 aliphatic carbocycles. The second-order valence-corrected chi connectivity index (χ2v) is 5.11. The van der Waals surface area contributed by atoms with Gasteiger partial charge in [0.15, 0.2) is 0 Å². The van der Waals surface area contributed by atoms with E-state index in [1.807, 2.05) is 18.2 Å². The predicted molar refractivity (Wildman–Crippen MR) is 88.5 cm³/mol. The Morgan fingerprint density at radius 2 is 1.22 bits per heavy atom. The van der Waals surface area contributed by atoms with Crippen molar-refractivity contribution in [3.8, 4) is 5.75 Å². The highest BCUT2D eigenvalue weighted by Gasteiger charge is 2.11. The molecule has 6 heteroatoms. The molecule has 0 bridgehead atoms. The van der Waals surface area contributed by atoms with Gasteiger partial charge < -0.3 is 28.6 Å². The predicted octanol–water partition coefficient (Wildman–Crippen LogP) is 1.58. The lowest BCUT2D eigenvalue weighted by Crippen LogP contribution is -2.31. The first-order chi connectivity index (χ1) is 11.4. The van der Waals surface area contributed by atoms with Crippen molar-refractivity contribution in [2.45, 2.75) is 0 Å². The van der Waals surface area contributed by atoms with E-state index in [1.54, 1.807) is 7.11 Å². The zero-order valence-corrected chi connectivity index (χ0v) is 13.9. The van der Waals surface area contributed by atoms with Gasteiger partial charge in [-0.2, -0.15) is 0 Å². The minimum absolute atomic E-state index is 0.592. The summed E-state index contributed by atoms with van der Waals surface area (Å²) in [6.07, 6.45) is 0. The molecule has 1 aliphatic rings. The zero-order valence-electron chi connectivity index (χ0n) is 13.9. The van der Waals surface area contributed by atoms with E-state index in [1.165, 1.54) is 0 Å². The highest BCUT2D eigenvalue weighted by atomic mass is 16.6. The maximum Gasteiger partial charge on any atom is 0.142 e. The number of para-hydroxylation sites is 2. The van der Waals surface area contributed by atoms with Crippen LogP contribution in [0.3, 0.4) is 0 Å². The molecule has 2 rings (SSSR count). The van der Waals surface area contributed by atoms with Crippen LogP contribution < -0.4 is 9.64 Å². The van der Waals surface area contributed by atoms with Gasteiger partial charge in [-0.15, -0.1) is 0 Å². The molecule has 0 atom stereocenters. The molecule has 0 saturated carbocycles. The van der Waals surface area contributed by atoms with Gasteiger partial charge in [-0.25, -0.2) is 0 Å². The molecular weight excluding hydrogens is 298 g/mol. The number of rotatable bonds is 2. The summed E-state index contributed by atoms with van der Waals surface area (Å²) in [6, 6.07) is 8.00. The summed E-state index contributed by atoms with van der Waals surface area (Å²) in [5.41, 5.74) is 1.05. The summed E-state index contributed by atoms with van der Waals surface area (Å²) in [6.45, 7) is 6.39. The molecule has 0 amide bonds. The first kappa shape index (κ1) is 18.0. The van der Waals surface area contributed by atoms with Crippen molar-refractivity contribution in [2.75, 3.05) is 78.0 Å². The number of hydrogen-bond donors (Lipinski definition) is 0. The third kappa shape index (κ3) is 6.74. The normalized spacial score (nSPS) is 19.6. The molecule has 1 aromatic carbocycles. The molecule has 0 spiro atoms. The average Bonchev–Trinajstić information content (AvgIpc) is 2.60. The van der Waals surface area contributed by atoms with Crippen LogP contribution in [0.15, 0.2) is 24.3 Å². The Morgan fingerprint density at radius 1 is 0.739 bits per heavy atom. The van der Waals surface area contributed by atoms with Crippen molar-refractivity contribution in [3.05, 3.63) is 24.3 Å². The molecule has 1 saturated heterocycles. The van der Waals surface area contributed by atoms with Crippen LogP contribution >= 0.6 is 0 Å². The van der Waals surface area contributed by atoms with E-state index in [0.29, 0.717) is 52.9 Å². The van der Waals surface area contributed by atoms with Crippen LogP contribution in [-0.2, 0) is 18.9 Å². The number of ether oxygens (including phenoxy) is 5. The molecular formula is C17H27NO5. The first-order valence-electron chi connectivity index (χ1n) is 8.11. The lowest BCUT2D eigenvalue weighted by Gasteiger charge is -2.26. The molecule has 0 radical (unpaired) electrons. The molecule has 0 aromatic heterocycles. The van der Waals surface area contributed by atoms with E-state index in [4.69, 9.17) is 23.7 Å². The van der Waals surface area contributed by atoms with E-state index in [-0.39, 0.29) is 0 Å². The number of methoxy groups -OCH3 is 1. The molecule has 1 fully saturated rings. The van der Waals surface area contributed by atoms with Crippen LogP contribution in [0, 0.1) is 0 Å². The van der Waals surface area contributed by atoms with E-state index >= 15 is 0 Å². The summed E-state index contributed by atoms with van der Waals surface area (Å²) in [5, 5.41) is 0. The van der Waals surface area contributed by atoms with Gasteiger partial charge in [-0.1, -0.05) is 12.1 Å². The molecule has 0 unspecified atom stereocenters. The van der Waals surface area contributed by atoms with Crippen LogP contribution in [0.2, 0.25) is 0 Å². The second kappa shape index (κ2) is 11.2. The highest BCUT2D eigenvalue weighted by Crippen LogP contribution is 2.27. The number of anilines is 1. The fraction of sp³-hybridized carbons (Fsp3) is 0.647. The Morgan fingerprint density at radius 3 is 1.74 bits per heavy atom. The van der Waals surface area contributed by atoms with Gasteiger partial charge in [-0.3, -0.25) is 0 Å². The SMILES string of the molecule is COc1ccccc1N1CCOCCOCCOCCOCC1. The fourth-order valence-electron chi connectivity index (χ4n) is 2.36. The van der Waals surface area contributed by atoms with Crippen molar-refractivity contribution < 1.29 is 23.7 Å². The third-order valence-corrected chi connectivity index (χ3v) is 3.55. The zero-order chi connectivity index (χ0) is 16.2. The molecule has 1 heterocycles. The van der Waals surface area contributed by atoms with Gasteiger partial charge in [0.05, 0.1) is 65.7 Å². The Bertz CT molecular complexity index is 413. The second-order valence-electron chi connectivity index (χ2n) is 5.11. The number of hydrogen-bond acceptors (Lipinski definition) is 6. The summed E-state index contributed by atoms with van der Waals surface area (Å²) >= 11 is 0. The van der Waals surface area contributed by atoms with Gasteiger partial charge in [0.2, 0.25) is 0 Å². The van der Waals surface area contributed by atoms with Gasteiger partial charge in [0, 0.05) is 13.1 Å². The van der Waals surface area contributed by atoms with Crippen molar-refractivity contribution in [3.63, 3.8) is 0 Å². The lowest BCUT2D eigenvalue weighted by molar-refractivity contribution is 0.00206. The molecule has 0 N–H and O–H groups in total. The van der Waals surface area contributed by atoms with E-state index in [0.717, 1.165) is 24.5 Å². The smallest absolute Gasteiger partial charge is 0.142 e. The summed E-state index contributed by atoms with van der Waals surface area (Å²) in [5.74, 6) is 0.858. The third-order valence-electron chi connectivity index (χ3n) is 3.55. The minimum Gasteiger partial charge on any atom is -0.495 e. The van der Waals surface area contributed by atoms with Crippen molar-refractivity contribution in [2.24, 2.45) is 0 Å².